The van der Waals surface area contributed by atoms with E-state index in [1.165, 1.54) is 29.8 Å². The number of carbonyl (C=O) groups is 2. The first-order valence-electron chi connectivity index (χ1n) is 10.1. The third-order valence-corrected chi connectivity index (χ3v) is 5.88. The van der Waals surface area contributed by atoms with Gasteiger partial charge in [-0.25, -0.2) is 9.37 Å². The highest BCUT2D eigenvalue weighted by Gasteiger charge is 2.52. The minimum absolute atomic E-state index is 0.205. The minimum atomic E-state index is -0.915. The molecule has 0 bridgehead atoms. The monoisotopic (exact) mass is 404 g/mol. The number of nitrogens with zero attached hydrogens (tertiary/aromatic N) is 2. The van der Waals surface area contributed by atoms with Crippen LogP contribution in [0.5, 0.6) is 0 Å². The standard InChI is InChI=1S/C23H21FN4O2/c24-17-8-5-16(6-9-17)21(29)27-23(11-12-23)22(30)26-18-10-7-15-3-1-2-4-19(15)28-14-13-25-20(18)28/h1-6,8-9,13-14,18H,7,10-12H2,(H,26,30)(H,27,29). The maximum atomic E-state index is 13.1. The van der Waals surface area contributed by atoms with Crippen LogP contribution < -0.4 is 10.6 Å². The molecule has 1 unspecified atom stereocenters. The smallest absolute Gasteiger partial charge is 0.252 e. The Morgan fingerprint density at radius 2 is 1.87 bits per heavy atom. The third kappa shape index (κ3) is 3.26. The number of hydrogen-bond acceptors (Lipinski definition) is 3. The molecule has 1 aliphatic heterocycles. The van der Waals surface area contributed by atoms with Gasteiger partial charge < -0.3 is 15.2 Å². The molecule has 1 atom stereocenters. The van der Waals surface area contributed by atoms with Crippen LogP contribution in [0.15, 0.2) is 60.9 Å². The van der Waals surface area contributed by atoms with E-state index in [-0.39, 0.29) is 17.9 Å². The van der Waals surface area contributed by atoms with Gasteiger partial charge in [0.1, 0.15) is 17.2 Å². The quantitative estimate of drug-likeness (QED) is 0.702. The Kier molecular flexibility index (Phi) is 4.38. The van der Waals surface area contributed by atoms with Gasteiger partial charge in [-0.3, -0.25) is 9.59 Å². The number of benzene rings is 2. The molecule has 0 saturated heterocycles. The van der Waals surface area contributed by atoms with E-state index in [1.54, 1.807) is 6.20 Å². The molecule has 0 spiro atoms. The van der Waals surface area contributed by atoms with Crippen molar-refractivity contribution in [2.75, 3.05) is 0 Å². The number of aryl methyl sites for hydroxylation is 1. The molecular weight excluding hydrogens is 383 g/mol. The Bertz CT molecular complexity index is 1120. The molecule has 7 heteroatoms. The predicted molar refractivity (Wildman–Crippen MR) is 109 cm³/mol. The average molecular weight is 404 g/mol. The van der Waals surface area contributed by atoms with E-state index in [9.17, 15) is 14.0 Å². The first kappa shape index (κ1) is 18.5. The molecule has 1 fully saturated rings. The fourth-order valence-electron chi connectivity index (χ4n) is 4.02. The number of hydrogen-bond donors (Lipinski definition) is 2. The number of para-hydroxylation sites is 1. The second-order valence-electron chi connectivity index (χ2n) is 7.89. The number of imidazole rings is 1. The van der Waals surface area contributed by atoms with Crippen LogP contribution in [-0.2, 0) is 11.2 Å². The molecule has 3 aromatic rings. The van der Waals surface area contributed by atoms with E-state index in [1.807, 2.05) is 22.9 Å². The van der Waals surface area contributed by atoms with Crippen LogP contribution in [0.25, 0.3) is 5.69 Å². The van der Waals surface area contributed by atoms with Crippen molar-refractivity contribution in [2.24, 2.45) is 0 Å². The summed E-state index contributed by atoms with van der Waals surface area (Å²) < 4.78 is 15.1. The maximum absolute atomic E-state index is 13.1. The van der Waals surface area contributed by atoms with Crippen LogP contribution in [0.2, 0.25) is 0 Å². The van der Waals surface area contributed by atoms with Gasteiger partial charge in [0, 0.05) is 23.6 Å². The molecule has 1 saturated carbocycles. The Labute approximate surface area is 173 Å². The summed E-state index contributed by atoms with van der Waals surface area (Å²) in [5.41, 5.74) is 1.70. The van der Waals surface area contributed by atoms with Crippen molar-refractivity contribution in [3.05, 3.63) is 83.7 Å². The normalized spacial score (nSPS) is 18.5. The lowest BCUT2D eigenvalue weighted by atomic mass is 10.0. The summed E-state index contributed by atoms with van der Waals surface area (Å²) in [5.74, 6) is -0.204. The SMILES string of the molecule is O=C(NC1(C(=O)NC2CCc3ccccc3-n3ccnc32)CC1)c1ccc(F)cc1. The molecule has 6 nitrogen and oxygen atoms in total. The Morgan fingerprint density at radius 3 is 2.63 bits per heavy atom. The molecule has 0 radical (unpaired) electrons. The van der Waals surface area contributed by atoms with Gasteiger partial charge in [0.25, 0.3) is 5.91 Å². The number of nitrogens with one attached hydrogen (secondary N) is 2. The molecule has 1 aromatic heterocycles. The summed E-state index contributed by atoms with van der Waals surface area (Å²) in [6.07, 6.45) is 6.34. The van der Waals surface area contributed by atoms with Gasteiger partial charge >= 0.3 is 0 Å². The summed E-state index contributed by atoms with van der Waals surface area (Å²) in [4.78, 5) is 30.1. The van der Waals surface area contributed by atoms with Crippen LogP contribution in [0.4, 0.5) is 4.39 Å². The lowest BCUT2D eigenvalue weighted by Gasteiger charge is -2.22. The zero-order chi connectivity index (χ0) is 20.7. The van der Waals surface area contributed by atoms with Crippen LogP contribution in [0.1, 0.15) is 47.1 Å². The molecule has 2 heterocycles. The largest absolute Gasteiger partial charge is 0.344 e. The topological polar surface area (TPSA) is 76.0 Å². The molecule has 2 N–H and O–H groups in total. The lowest BCUT2D eigenvalue weighted by molar-refractivity contribution is -0.124. The van der Waals surface area contributed by atoms with Gasteiger partial charge in [-0.05, 0) is 61.6 Å². The molecule has 1 aliphatic carbocycles. The number of fused-ring (bicyclic) bond motifs is 3. The molecular formula is C23H21FN4O2. The number of carbonyl (C=O) groups excluding carboxylic acids is 2. The molecule has 2 aromatic carbocycles. The van der Waals surface area contributed by atoms with Crippen LogP contribution >= 0.6 is 0 Å². The predicted octanol–water partition coefficient (Wildman–Crippen LogP) is 3.08. The molecule has 5 rings (SSSR count). The second kappa shape index (κ2) is 7.09. The third-order valence-electron chi connectivity index (χ3n) is 5.88. The summed E-state index contributed by atoms with van der Waals surface area (Å²) in [5, 5.41) is 5.95. The number of rotatable bonds is 4. The van der Waals surface area contributed by atoms with E-state index in [4.69, 9.17) is 0 Å². The van der Waals surface area contributed by atoms with E-state index in [2.05, 4.69) is 27.8 Å². The maximum Gasteiger partial charge on any atom is 0.252 e. The van der Waals surface area contributed by atoms with Crippen LogP contribution in [0.3, 0.4) is 0 Å². The van der Waals surface area contributed by atoms with Crippen molar-refractivity contribution in [1.29, 1.82) is 0 Å². The van der Waals surface area contributed by atoms with Crippen LogP contribution in [-0.4, -0.2) is 26.9 Å². The van der Waals surface area contributed by atoms with Gasteiger partial charge in [-0.1, -0.05) is 18.2 Å². The van der Waals surface area contributed by atoms with E-state index in [0.717, 1.165) is 24.4 Å². The lowest BCUT2D eigenvalue weighted by Crippen LogP contribution is -2.50. The first-order chi connectivity index (χ1) is 14.6. The fourth-order valence-corrected chi connectivity index (χ4v) is 4.02. The zero-order valence-corrected chi connectivity index (χ0v) is 16.3. The van der Waals surface area contributed by atoms with Crippen molar-refractivity contribution in [1.82, 2.24) is 20.2 Å². The zero-order valence-electron chi connectivity index (χ0n) is 16.3. The van der Waals surface area contributed by atoms with E-state index < -0.39 is 11.4 Å². The fraction of sp³-hybridized carbons (Fsp3) is 0.261. The summed E-state index contributed by atoms with van der Waals surface area (Å²) >= 11 is 0. The van der Waals surface area contributed by atoms with Gasteiger partial charge in [-0.15, -0.1) is 0 Å². The summed E-state index contributed by atoms with van der Waals surface area (Å²) in [7, 11) is 0. The Hall–Kier alpha value is -3.48. The van der Waals surface area contributed by atoms with Crippen molar-refractivity contribution in [3.8, 4) is 5.69 Å². The average Bonchev–Trinajstić information content (AvgIpc) is 3.41. The number of halogens is 1. The van der Waals surface area contributed by atoms with E-state index in [0.29, 0.717) is 18.4 Å². The van der Waals surface area contributed by atoms with Crippen molar-refractivity contribution < 1.29 is 14.0 Å². The van der Waals surface area contributed by atoms with E-state index >= 15 is 0 Å². The van der Waals surface area contributed by atoms with Gasteiger partial charge in [0.15, 0.2) is 0 Å². The Morgan fingerprint density at radius 1 is 1.10 bits per heavy atom. The van der Waals surface area contributed by atoms with Gasteiger partial charge in [-0.2, -0.15) is 0 Å². The molecule has 30 heavy (non-hydrogen) atoms. The highest BCUT2D eigenvalue weighted by atomic mass is 19.1. The van der Waals surface area contributed by atoms with Crippen LogP contribution in [0, 0.1) is 5.82 Å². The van der Waals surface area contributed by atoms with Crippen molar-refractivity contribution >= 4 is 11.8 Å². The van der Waals surface area contributed by atoms with Gasteiger partial charge in [0.2, 0.25) is 5.91 Å². The highest BCUT2D eigenvalue weighted by molar-refractivity contribution is 6.00. The summed E-state index contributed by atoms with van der Waals surface area (Å²) in [6.45, 7) is 0. The van der Waals surface area contributed by atoms with Crippen molar-refractivity contribution in [2.45, 2.75) is 37.3 Å². The van der Waals surface area contributed by atoms with Crippen molar-refractivity contribution in [3.63, 3.8) is 0 Å². The van der Waals surface area contributed by atoms with Gasteiger partial charge in [0.05, 0.1) is 6.04 Å². The highest BCUT2D eigenvalue weighted by Crippen LogP contribution is 2.37. The number of amides is 2. The number of aromatic nitrogens is 2. The summed E-state index contributed by atoms with van der Waals surface area (Å²) in [6, 6.07) is 13.2. The minimum Gasteiger partial charge on any atom is -0.344 e. The Balaban J connectivity index is 1.33. The second-order valence-corrected chi connectivity index (χ2v) is 7.89. The first-order valence-corrected chi connectivity index (χ1v) is 10.1. The molecule has 2 aliphatic rings. The molecule has 2 amide bonds. The molecule has 152 valence electrons.